The van der Waals surface area contributed by atoms with Crippen LogP contribution in [0.2, 0.25) is 0 Å². The Morgan fingerprint density at radius 3 is 1.28 bits per heavy atom. The summed E-state index contributed by atoms with van der Waals surface area (Å²) in [6.45, 7) is 26.1. The van der Waals surface area contributed by atoms with Gasteiger partial charge in [0.1, 0.15) is 0 Å². The van der Waals surface area contributed by atoms with E-state index in [4.69, 9.17) is 5.73 Å². The van der Waals surface area contributed by atoms with Crippen molar-refractivity contribution < 1.29 is 0 Å². The SMILES string of the molecule is CC(C)(C)c1cnc(I)nc1C(C)(C)C.CC(C)(C)c1cnc(N)nc1C(C)(C)C.I.I. The van der Waals surface area contributed by atoms with Crippen molar-refractivity contribution in [3.63, 3.8) is 0 Å². The lowest BCUT2D eigenvalue weighted by molar-refractivity contribution is 0.508. The number of aromatic nitrogens is 4. The van der Waals surface area contributed by atoms with Crippen molar-refractivity contribution in [2.24, 2.45) is 0 Å². The number of anilines is 1. The molecule has 0 aliphatic carbocycles. The largest absolute Gasteiger partial charge is 0.368 e. The van der Waals surface area contributed by atoms with Crippen LogP contribution in [0.4, 0.5) is 5.95 Å². The molecular formula is C24H42I3N5. The van der Waals surface area contributed by atoms with Gasteiger partial charge in [0, 0.05) is 45.8 Å². The van der Waals surface area contributed by atoms with Crippen molar-refractivity contribution in [3.05, 3.63) is 38.7 Å². The maximum atomic E-state index is 5.65. The number of halogens is 3. The van der Waals surface area contributed by atoms with Crippen LogP contribution in [-0.2, 0) is 21.7 Å². The van der Waals surface area contributed by atoms with E-state index in [1.54, 1.807) is 0 Å². The number of nitrogens with two attached hydrogens (primary N) is 1. The van der Waals surface area contributed by atoms with Crippen LogP contribution in [0, 0.1) is 3.83 Å². The predicted molar refractivity (Wildman–Crippen MR) is 167 cm³/mol. The quantitative estimate of drug-likeness (QED) is 0.221. The highest BCUT2D eigenvalue weighted by molar-refractivity contribution is 14.1. The second kappa shape index (κ2) is 12.2. The average Bonchev–Trinajstić information content (AvgIpc) is 2.51. The van der Waals surface area contributed by atoms with Crippen LogP contribution in [0.1, 0.15) is 106 Å². The number of rotatable bonds is 0. The smallest absolute Gasteiger partial charge is 0.220 e. The van der Waals surface area contributed by atoms with Gasteiger partial charge in [0.25, 0.3) is 0 Å². The molecule has 2 N–H and O–H groups in total. The minimum atomic E-state index is -0.000324. The van der Waals surface area contributed by atoms with Gasteiger partial charge in [-0.15, -0.1) is 48.0 Å². The Morgan fingerprint density at radius 1 is 0.594 bits per heavy atom. The van der Waals surface area contributed by atoms with Gasteiger partial charge < -0.3 is 5.73 Å². The van der Waals surface area contributed by atoms with Crippen molar-refractivity contribution >= 4 is 76.5 Å². The lowest BCUT2D eigenvalue weighted by atomic mass is 9.79. The Labute approximate surface area is 243 Å². The number of hydrogen-bond acceptors (Lipinski definition) is 5. The number of nitrogens with zero attached hydrogens (tertiary/aromatic N) is 4. The molecule has 0 aromatic carbocycles. The molecule has 2 aromatic heterocycles. The molecule has 0 bridgehead atoms. The second-order valence-electron chi connectivity index (χ2n) is 11.9. The molecule has 8 heteroatoms. The standard InChI is InChI=1S/C12H19IN2.C12H21N3.2HI/c2*1-11(2,3)8-7-14-10(13)15-9(8)12(4,5)6;;/h7H,1-6H3;7H,1-6H3,(H2,13,14,15);2*1H. The Morgan fingerprint density at radius 2 is 0.938 bits per heavy atom. The number of hydrogen-bond donors (Lipinski definition) is 1. The minimum Gasteiger partial charge on any atom is -0.368 e. The Hall–Kier alpha value is 0.150. The van der Waals surface area contributed by atoms with Gasteiger partial charge in [-0.2, -0.15) is 0 Å². The van der Waals surface area contributed by atoms with Crippen molar-refractivity contribution in [2.75, 3.05) is 5.73 Å². The third-order valence-corrected chi connectivity index (χ3v) is 5.12. The molecule has 0 fully saturated rings. The zero-order valence-corrected chi connectivity index (χ0v) is 28.5. The van der Waals surface area contributed by atoms with Gasteiger partial charge in [-0.05, 0) is 22.0 Å². The summed E-state index contributed by atoms with van der Waals surface area (Å²) in [5.41, 5.74) is 10.5. The van der Waals surface area contributed by atoms with E-state index in [2.05, 4.69) is 126 Å². The normalized spacial score (nSPS) is 12.2. The van der Waals surface area contributed by atoms with Gasteiger partial charge in [-0.25, -0.2) is 19.9 Å². The Kier molecular flexibility index (Phi) is 13.1. The molecule has 0 atom stereocenters. The van der Waals surface area contributed by atoms with Crippen LogP contribution in [0.3, 0.4) is 0 Å². The first-order valence-corrected chi connectivity index (χ1v) is 11.5. The molecule has 0 aliphatic heterocycles. The van der Waals surface area contributed by atoms with Crippen molar-refractivity contribution in [1.82, 2.24) is 19.9 Å². The molecule has 0 aliphatic rings. The first-order chi connectivity index (χ1) is 13.2. The molecule has 2 heterocycles. The van der Waals surface area contributed by atoms with E-state index in [1.165, 1.54) is 11.1 Å². The maximum absolute atomic E-state index is 5.65. The van der Waals surface area contributed by atoms with Gasteiger partial charge >= 0.3 is 0 Å². The van der Waals surface area contributed by atoms with Gasteiger partial charge in [0.2, 0.25) is 5.95 Å². The van der Waals surface area contributed by atoms with Crippen LogP contribution in [0.5, 0.6) is 0 Å². The summed E-state index contributed by atoms with van der Waals surface area (Å²) in [6, 6.07) is 0. The fraction of sp³-hybridized carbons (Fsp3) is 0.667. The highest BCUT2D eigenvalue weighted by Crippen LogP contribution is 2.33. The van der Waals surface area contributed by atoms with Crippen LogP contribution >= 0.6 is 70.5 Å². The highest BCUT2D eigenvalue weighted by Gasteiger charge is 2.28. The molecule has 0 unspecified atom stereocenters. The zero-order chi connectivity index (χ0) is 23.7. The lowest BCUT2D eigenvalue weighted by Gasteiger charge is -2.28. The molecule has 0 radical (unpaired) electrons. The number of nitrogen functional groups attached to an aromatic ring is 1. The highest BCUT2D eigenvalue weighted by atomic mass is 127. The first kappa shape index (κ1) is 34.3. The molecule has 2 rings (SSSR count). The lowest BCUT2D eigenvalue weighted by Crippen LogP contribution is -2.24. The van der Waals surface area contributed by atoms with E-state index < -0.39 is 0 Å². The fourth-order valence-electron chi connectivity index (χ4n) is 3.00. The van der Waals surface area contributed by atoms with E-state index in [-0.39, 0.29) is 69.6 Å². The van der Waals surface area contributed by atoms with Crippen molar-refractivity contribution in [1.29, 1.82) is 0 Å². The monoisotopic (exact) mass is 781 g/mol. The van der Waals surface area contributed by atoms with Crippen molar-refractivity contribution in [3.8, 4) is 0 Å². The van der Waals surface area contributed by atoms with Crippen LogP contribution in [0.25, 0.3) is 0 Å². The molecule has 184 valence electrons. The van der Waals surface area contributed by atoms with Crippen molar-refractivity contribution in [2.45, 2.75) is 105 Å². The van der Waals surface area contributed by atoms with Crippen LogP contribution in [-0.4, -0.2) is 19.9 Å². The molecule has 32 heavy (non-hydrogen) atoms. The molecule has 2 aromatic rings. The first-order valence-electron chi connectivity index (χ1n) is 10.4. The summed E-state index contributed by atoms with van der Waals surface area (Å²) in [5, 5.41) is 0. The molecule has 0 spiro atoms. The van der Waals surface area contributed by atoms with Gasteiger partial charge in [-0.1, -0.05) is 83.1 Å². The molecule has 0 saturated carbocycles. The third-order valence-electron chi connectivity index (χ3n) is 4.60. The molecule has 0 amide bonds. The summed E-state index contributed by atoms with van der Waals surface area (Å²) >= 11 is 2.17. The summed E-state index contributed by atoms with van der Waals surface area (Å²) in [4.78, 5) is 17.3. The van der Waals surface area contributed by atoms with E-state index in [0.29, 0.717) is 5.95 Å². The van der Waals surface area contributed by atoms with E-state index in [9.17, 15) is 0 Å². The van der Waals surface area contributed by atoms with Gasteiger partial charge in [0.05, 0.1) is 11.4 Å². The average molecular weight is 781 g/mol. The Bertz CT molecular complexity index is 798. The topological polar surface area (TPSA) is 77.6 Å². The zero-order valence-electron chi connectivity index (χ0n) is 21.7. The van der Waals surface area contributed by atoms with E-state index in [1.807, 2.05) is 12.4 Å². The summed E-state index contributed by atoms with van der Waals surface area (Å²) in [7, 11) is 0. The summed E-state index contributed by atoms with van der Waals surface area (Å²) in [5.74, 6) is 0.355. The van der Waals surface area contributed by atoms with Gasteiger partial charge in [-0.3, -0.25) is 0 Å². The van der Waals surface area contributed by atoms with Crippen LogP contribution < -0.4 is 5.73 Å². The fourth-order valence-corrected chi connectivity index (χ4v) is 3.38. The molecule has 0 saturated heterocycles. The summed E-state index contributed by atoms with van der Waals surface area (Å²) < 4.78 is 0.825. The third kappa shape index (κ3) is 10.2. The van der Waals surface area contributed by atoms with Gasteiger partial charge in [0.15, 0.2) is 3.83 Å². The Balaban J connectivity index is 0. The molecular weight excluding hydrogens is 739 g/mol. The minimum absolute atomic E-state index is 0. The van der Waals surface area contributed by atoms with Crippen LogP contribution in [0.15, 0.2) is 12.4 Å². The van der Waals surface area contributed by atoms with E-state index in [0.717, 1.165) is 15.2 Å². The molecule has 5 nitrogen and oxygen atoms in total. The maximum Gasteiger partial charge on any atom is 0.220 e. The predicted octanol–water partition coefficient (Wildman–Crippen LogP) is 7.57. The summed E-state index contributed by atoms with van der Waals surface area (Å²) in [6.07, 6.45) is 3.82. The second-order valence-corrected chi connectivity index (χ2v) is 12.9. The van der Waals surface area contributed by atoms with E-state index >= 15 is 0 Å².